The summed E-state index contributed by atoms with van der Waals surface area (Å²) in [7, 11) is -3.35. The summed E-state index contributed by atoms with van der Waals surface area (Å²) in [5, 5.41) is 2.94. The quantitative estimate of drug-likeness (QED) is 0.627. The molecule has 1 aliphatic heterocycles. The first-order valence-corrected chi connectivity index (χ1v) is 11.5. The zero-order chi connectivity index (χ0) is 19.2. The first-order chi connectivity index (χ1) is 12.2. The molecule has 1 saturated heterocycles. The molecule has 0 saturated carbocycles. The normalized spacial score (nSPS) is 16.8. The van der Waals surface area contributed by atoms with Crippen LogP contribution in [0.4, 0.5) is 4.79 Å². The highest BCUT2D eigenvalue weighted by molar-refractivity contribution is 7.89. The second kappa shape index (κ2) is 9.89. The van der Waals surface area contributed by atoms with Crippen LogP contribution in [0.15, 0.2) is 12.1 Å². The van der Waals surface area contributed by atoms with Crippen LogP contribution in [0.25, 0.3) is 0 Å². The minimum absolute atomic E-state index is 0.00324. The maximum atomic E-state index is 12.2. The third-order valence-electron chi connectivity index (χ3n) is 4.21. The lowest BCUT2D eigenvalue weighted by Gasteiger charge is -2.34. The van der Waals surface area contributed by atoms with Crippen molar-refractivity contribution in [2.75, 3.05) is 25.4 Å². The van der Waals surface area contributed by atoms with E-state index < -0.39 is 16.1 Å². The Hall–Kier alpha value is -0.870. The monoisotopic (exact) mass is 423 g/mol. The fourth-order valence-electron chi connectivity index (χ4n) is 2.78. The highest BCUT2D eigenvalue weighted by Gasteiger charge is 2.24. The standard InChI is InChI=1S/C16H26ClN3O4S2/c1-12(2)20-9-6-13(7-10-20)19-26(22,23)11-3-8-18-16(21)24-15-5-4-14(17)25-15/h4-5,12-13,19H,3,6-11H2,1-2H3,(H,18,21). The molecule has 2 heterocycles. The zero-order valence-corrected chi connectivity index (χ0v) is 17.4. The van der Waals surface area contributed by atoms with Crippen molar-refractivity contribution >= 4 is 39.1 Å². The van der Waals surface area contributed by atoms with Crippen molar-refractivity contribution in [3.05, 3.63) is 16.5 Å². The van der Waals surface area contributed by atoms with Gasteiger partial charge >= 0.3 is 6.09 Å². The van der Waals surface area contributed by atoms with E-state index >= 15 is 0 Å². The number of ether oxygens (including phenoxy) is 1. The Labute approximate surface area is 164 Å². The van der Waals surface area contributed by atoms with Crippen molar-refractivity contribution < 1.29 is 17.9 Å². The molecule has 148 valence electrons. The third-order valence-corrected chi connectivity index (χ3v) is 6.83. The zero-order valence-electron chi connectivity index (χ0n) is 15.0. The molecule has 26 heavy (non-hydrogen) atoms. The van der Waals surface area contributed by atoms with Crippen LogP contribution in [0.1, 0.15) is 33.1 Å². The van der Waals surface area contributed by atoms with Crippen molar-refractivity contribution in [1.82, 2.24) is 14.9 Å². The van der Waals surface area contributed by atoms with E-state index in [0.717, 1.165) is 37.3 Å². The summed E-state index contributed by atoms with van der Waals surface area (Å²) in [6.07, 6.45) is 1.35. The van der Waals surface area contributed by atoms with Gasteiger partial charge in [0.05, 0.1) is 10.1 Å². The smallest absolute Gasteiger partial charge is 0.399 e. The van der Waals surface area contributed by atoms with Crippen molar-refractivity contribution in [3.8, 4) is 5.06 Å². The molecule has 1 aliphatic rings. The largest absolute Gasteiger partial charge is 0.413 e. The van der Waals surface area contributed by atoms with Gasteiger partial charge in [-0.25, -0.2) is 17.9 Å². The van der Waals surface area contributed by atoms with Crippen molar-refractivity contribution in [2.45, 2.75) is 45.2 Å². The second-order valence-corrected chi connectivity index (χ2v) is 10.1. The summed E-state index contributed by atoms with van der Waals surface area (Å²) < 4.78 is 32.7. The number of carbonyl (C=O) groups excluding carboxylic acids is 1. The molecule has 0 aromatic carbocycles. The van der Waals surface area contributed by atoms with Crippen LogP contribution in [0.2, 0.25) is 4.34 Å². The van der Waals surface area contributed by atoms with Gasteiger partial charge in [0.1, 0.15) is 0 Å². The van der Waals surface area contributed by atoms with E-state index in [1.807, 2.05) is 0 Å². The Morgan fingerprint density at radius 3 is 2.65 bits per heavy atom. The Kier molecular flexibility index (Phi) is 8.15. The molecule has 1 fully saturated rings. The average molecular weight is 424 g/mol. The Bertz CT molecular complexity index is 685. The molecule has 0 unspecified atom stereocenters. The lowest BCUT2D eigenvalue weighted by molar-refractivity contribution is 0.168. The minimum Gasteiger partial charge on any atom is -0.399 e. The van der Waals surface area contributed by atoms with Gasteiger partial charge < -0.3 is 15.0 Å². The van der Waals surface area contributed by atoms with Crippen LogP contribution in [0.3, 0.4) is 0 Å². The van der Waals surface area contributed by atoms with Crippen LogP contribution in [-0.4, -0.2) is 56.9 Å². The molecule has 0 bridgehead atoms. The number of thiophene rings is 1. The number of likely N-dealkylation sites (tertiary alicyclic amines) is 1. The molecule has 10 heteroatoms. The maximum absolute atomic E-state index is 12.2. The molecule has 1 aromatic rings. The summed E-state index contributed by atoms with van der Waals surface area (Å²) in [5.41, 5.74) is 0. The van der Waals surface area contributed by atoms with E-state index in [-0.39, 0.29) is 18.3 Å². The van der Waals surface area contributed by atoms with E-state index in [0.29, 0.717) is 21.9 Å². The van der Waals surface area contributed by atoms with Gasteiger partial charge in [0.2, 0.25) is 10.0 Å². The van der Waals surface area contributed by atoms with E-state index in [1.54, 1.807) is 12.1 Å². The van der Waals surface area contributed by atoms with Gasteiger partial charge in [-0.05, 0) is 58.3 Å². The Balaban J connectivity index is 1.63. The molecule has 0 radical (unpaired) electrons. The fourth-order valence-corrected chi connectivity index (χ4v) is 5.04. The first-order valence-electron chi connectivity index (χ1n) is 8.70. The van der Waals surface area contributed by atoms with E-state index in [2.05, 4.69) is 28.8 Å². The number of nitrogens with one attached hydrogen (secondary N) is 2. The number of amides is 1. The van der Waals surface area contributed by atoms with Crippen molar-refractivity contribution in [2.24, 2.45) is 0 Å². The Morgan fingerprint density at radius 1 is 1.38 bits per heavy atom. The van der Waals surface area contributed by atoms with E-state index in [1.165, 1.54) is 0 Å². The summed E-state index contributed by atoms with van der Waals surface area (Å²) in [6.45, 7) is 6.34. The van der Waals surface area contributed by atoms with Crippen molar-refractivity contribution in [3.63, 3.8) is 0 Å². The van der Waals surface area contributed by atoms with Crippen molar-refractivity contribution in [1.29, 1.82) is 0 Å². The second-order valence-electron chi connectivity index (χ2n) is 6.57. The van der Waals surface area contributed by atoms with Gasteiger partial charge in [0.15, 0.2) is 5.06 Å². The predicted molar refractivity (Wildman–Crippen MR) is 105 cm³/mol. The van der Waals surface area contributed by atoms with Gasteiger partial charge in [-0.1, -0.05) is 22.9 Å². The molecule has 0 spiro atoms. The molecular formula is C16H26ClN3O4S2. The number of sulfonamides is 1. The van der Waals surface area contributed by atoms with Gasteiger partial charge in [-0.2, -0.15) is 0 Å². The maximum Gasteiger partial charge on any atom is 0.413 e. The minimum atomic E-state index is -3.35. The Morgan fingerprint density at radius 2 is 2.08 bits per heavy atom. The van der Waals surface area contributed by atoms with Crippen LogP contribution >= 0.6 is 22.9 Å². The van der Waals surface area contributed by atoms with E-state index in [4.69, 9.17) is 16.3 Å². The highest BCUT2D eigenvalue weighted by Crippen LogP contribution is 2.28. The molecule has 1 aromatic heterocycles. The summed E-state index contributed by atoms with van der Waals surface area (Å²) >= 11 is 6.91. The first kappa shape index (κ1) is 21.4. The molecule has 2 N–H and O–H groups in total. The number of hydrogen-bond donors (Lipinski definition) is 2. The SMILES string of the molecule is CC(C)N1CCC(NS(=O)(=O)CCCNC(=O)Oc2ccc(Cl)s2)CC1. The molecule has 0 atom stereocenters. The average Bonchev–Trinajstić information content (AvgIpc) is 2.96. The number of rotatable bonds is 8. The lowest BCUT2D eigenvalue weighted by Crippen LogP contribution is -2.47. The van der Waals surface area contributed by atoms with Gasteiger partial charge in [0.25, 0.3) is 0 Å². The van der Waals surface area contributed by atoms with Gasteiger partial charge in [-0.3, -0.25) is 0 Å². The molecule has 1 amide bonds. The molecular weight excluding hydrogens is 398 g/mol. The summed E-state index contributed by atoms with van der Waals surface area (Å²) in [6, 6.07) is 3.73. The predicted octanol–water partition coefficient (Wildman–Crippen LogP) is 2.67. The number of carbonyl (C=O) groups is 1. The molecule has 7 nitrogen and oxygen atoms in total. The third kappa shape index (κ3) is 7.40. The number of hydrogen-bond acceptors (Lipinski definition) is 6. The number of piperidine rings is 1. The van der Waals surface area contributed by atoms with Crippen LogP contribution in [0.5, 0.6) is 5.06 Å². The molecule has 2 rings (SSSR count). The summed E-state index contributed by atoms with van der Waals surface area (Å²) in [5.74, 6) is -0.0253. The highest BCUT2D eigenvalue weighted by atomic mass is 35.5. The van der Waals surface area contributed by atoms with E-state index in [9.17, 15) is 13.2 Å². The molecule has 0 aliphatic carbocycles. The number of halogens is 1. The number of nitrogens with zero attached hydrogens (tertiary/aromatic N) is 1. The summed E-state index contributed by atoms with van der Waals surface area (Å²) in [4.78, 5) is 14.0. The van der Waals surface area contributed by atoms with Gasteiger partial charge in [-0.15, -0.1) is 0 Å². The topological polar surface area (TPSA) is 87.7 Å². The van der Waals surface area contributed by atoms with Crippen LogP contribution in [-0.2, 0) is 10.0 Å². The van der Waals surface area contributed by atoms with Crippen LogP contribution < -0.4 is 14.8 Å². The fraction of sp³-hybridized carbons (Fsp3) is 0.688. The van der Waals surface area contributed by atoms with Crippen LogP contribution in [0, 0.1) is 0 Å². The van der Waals surface area contributed by atoms with Gasteiger partial charge in [0, 0.05) is 18.6 Å². The lowest BCUT2D eigenvalue weighted by atomic mass is 10.1.